The summed E-state index contributed by atoms with van der Waals surface area (Å²) in [4.78, 5) is 13.0. The lowest BCUT2D eigenvalue weighted by Gasteiger charge is -2.12. The lowest BCUT2D eigenvalue weighted by Crippen LogP contribution is -2.31. The summed E-state index contributed by atoms with van der Waals surface area (Å²) in [5, 5.41) is 2.93. The molecule has 0 unspecified atom stereocenters. The van der Waals surface area contributed by atoms with Gasteiger partial charge in [-0.3, -0.25) is 4.99 Å². The Hall–Kier alpha value is -2.74. The quantitative estimate of drug-likeness (QED) is 0.221. The predicted octanol–water partition coefficient (Wildman–Crippen LogP) is 3.26. The predicted molar refractivity (Wildman–Crippen MR) is 121 cm³/mol. The van der Waals surface area contributed by atoms with E-state index in [2.05, 4.69) is 62.8 Å². The van der Waals surface area contributed by atoms with Crippen LogP contribution in [0, 0.1) is 13.8 Å². The van der Waals surface area contributed by atoms with E-state index in [4.69, 9.17) is 11.5 Å². The topological polar surface area (TPSA) is 114 Å². The van der Waals surface area contributed by atoms with Crippen molar-refractivity contribution in [1.29, 1.82) is 0 Å². The second-order valence-electron chi connectivity index (χ2n) is 6.40. The molecule has 0 amide bonds. The zero-order valence-electron chi connectivity index (χ0n) is 16.7. The molecule has 0 fully saturated rings. The number of nitrogen functional groups attached to an aromatic ring is 1. The summed E-state index contributed by atoms with van der Waals surface area (Å²) in [6.07, 6.45) is 2.27. The van der Waals surface area contributed by atoms with Crippen LogP contribution in [0.25, 0.3) is 5.70 Å². The van der Waals surface area contributed by atoms with Crippen LogP contribution in [0.4, 0.5) is 11.5 Å². The summed E-state index contributed by atoms with van der Waals surface area (Å²) in [5.41, 5.74) is 16.8. The zero-order valence-corrected chi connectivity index (χ0v) is 17.6. The maximum Gasteiger partial charge on any atom is 0.193 e. The Balaban J connectivity index is 1.76. The number of anilines is 2. The van der Waals surface area contributed by atoms with Crippen LogP contribution in [0.3, 0.4) is 0 Å². The van der Waals surface area contributed by atoms with Crippen molar-refractivity contribution in [3.63, 3.8) is 0 Å². The number of hydrogen-bond donors (Lipinski definition) is 4. The monoisotopic (exact) mass is 399 g/mol. The van der Waals surface area contributed by atoms with Gasteiger partial charge in [0.15, 0.2) is 11.8 Å². The van der Waals surface area contributed by atoms with E-state index in [0.717, 1.165) is 35.7 Å². The molecule has 8 heteroatoms. The molecular formula is C20H29N7S. The summed E-state index contributed by atoms with van der Waals surface area (Å²) in [5.74, 6) is 1.36. The fourth-order valence-electron chi connectivity index (χ4n) is 2.47. The maximum absolute atomic E-state index is 5.93. The van der Waals surface area contributed by atoms with E-state index >= 15 is 0 Å². The third-order valence-corrected chi connectivity index (χ3v) is 4.82. The molecule has 0 saturated heterocycles. The molecule has 0 radical (unpaired) electrons. The summed E-state index contributed by atoms with van der Waals surface area (Å²) < 4.78 is 3.31. The van der Waals surface area contributed by atoms with Gasteiger partial charge in [0.25, 0.3) is 0 Å². The highest BCUT2D eigenvalue weighted by Gasteiger charge is 2.10. The first-order valence-electron chi connectivity index (χ1n) is 9.24. The Labute approximate surface area is 171 Å². The van der Waals surface area contributed by atoms with Gasteiger partial charge in [-0.15, -0.1) is 0 Å². The molecule has 0 atom stereocenters. The first-order valence-corrected chi connectivity index (χ1v) is 10.2. The van der Waals surface area contributed by atoms with Crippen molar-refractivity contribution >= 4 is 35.1 Å². The van der Waals surface area contributed by atoms with Crippen LogP contribution in [0.2, 0.25) is 0 Å². The average Bonchev–Trinajstić information content (AvgIpc) is 2.66. The van der Waals surface area contributed by atoms with E-state index < -0.39 is 0 Å². The molecule has 1 aromatic heterocycles. The van der Waals surface area contributed by atoms with E-state index in [1.165, 1.54) is 5.56 Å². The Morgan fingerprint density at radius 1 is 1.18 bits per heavy atom. The van der Waals surface area contributed by atoms with Gasteiger partial charge in [-0.05, 0) is 38.0 Å². The Bertz CT molecular complexity index is 831. The molecule has 0 saturated carbocycles. The van der Waals surface area contributed by atoms with Gasteiger partial charge in [-0.25, -0.2) is 9.97 Å². The number of nitrogens with zero attached hydrogens (tertiary/aromatic N) is 3. The molecule has 0 spiro atoms. The third kappa shape index (κ3) is 6.45. The fourth-order valence-corrected chi connectivity index (χ4v) is 3.06. The van der Waals surface area contributed by atoms with Crippen molar-refractivity contribution in [2.45, 2.75) is 33.6 Å². The van der Waals surface area contributed by atoms with Crippen LogP contribution in [-0.4, -0.2) is 28.2 Å². The molecule has 28 heavy (non-hydrogen) atoms. The highest BCUT2D eigenvalue weighted by Crippen LogP contribution is 2.16. The number of aliphatic imine (C=N–C) groups is 1. The highest BCUT2D eigenvalue weighted by atomic mass is 32.2. The Kier molecular flexibility index (Phi) is 8.13. The van der Waals surface area contributed by atoms with Crippen molar-refractivity contribution in [3.05, 3.63) is 53.5 Å². The van der Waals surface area contributed by atoms with Crippen molar-refractivity contribution in [1.82, 2.24) is 15.3 Å². The molecule has 1 heterocycles. The molecule has 1 aromatic carbocycles. The highest BCUT2D eigenvalue weighted by molar-refractivity contribution is 8.00. The maximum atomic E-state index is 5.93. The molecule has 0 aliphatic rings. The van der Waals surface area contributed by atoms with Crippen LogP contribution in [-0.2, 0) is 6.42 Å². The smallest absolute Gasteiger partial charge is 0.193 e. The van der Waals surface area contributed by atoms with E-state index in [-0.39, 0.29) is 5.96 Å². The molecule has 150 valence electrons. The molecule has 0 aliphatic heterocycles. The van der Waals surface area contributed by atoms with Crippen LogP contribution in [0.1, 0.15) is 36.0 Å². The van der Waals surface area contributed by atoms with Crippen molar-refractivity contribution in [2.75, 3.05) is 22.8 Å². The number of benzene rings is 1. The summed E-state index contributed by atoms with van der Waals surface area (Å²) >= 11 is 1.58. The second-order valence-corrected chi connectivity index (χ2v) is 7.30. The van der Waals surface area contributed by atoms with Crippen molar-refractivity contribution in [2.24, 2.45) is 10.7 Å². The molecule has 6 N–H and O–H groups in total. The number of aromatic nitrogens is 2. The fraction of sp³-hybridized carbons (Fsp3) is 0.350. The van der Waals surface area contributed by atoms with Gasteiger partial charge in [0.05, 0.1) is 23.6 Å². The van der Waals surface area contributed by atoms with Gasteiger partial charge in [-0.1, -0.05) is 44.0 Å². The van der Waals surface area contributed by atoms with E-state index in [1.54, 1.807) is 11.9 Å². The molecule has 0 aliphatic carbocycles. The molecule has 2 aromatic rings. The van der Waals surface area contributed by atoms with Gasteiger partial charge in [0.2, 0.25) is 0 Å². The lowest BCUT2D eigenvalue weighted by atomic mass is 10.1. The number of guanidine groups is 1. The summed E-state index contributed by atoms with van der Waals surface area (Å²) in [6, 6.07) is 8.49. The summed E-state index contributed by atoms with van der Waals surface area (Å²) in [7, 11) is 0. The second kappa shape index (κ2) is 10.6. The van der Waals surface area contributed by atoms with Crippen LogP contribution < -0.4 is 21.5 Å². The van der Waals surface area contributed by atoms with Gasteiger partial charge < -0.3 is 21.5 Å². The average molecular weight is 400 g/mol. The van der Waals surface area contributed by atoms with Crippen molar-refractivity contribution in [3.8, 4) is 0 Å². The zero-order chi connectivity index (χ0) is 20.5. The largest absolute Gasteiger partial charge is 0.382 e. The minimum Gasteiger partial charge on any atom is -0.382 e. The minimum absolute atomic E-state index is 0.272. The van der Waals surface area contributed by atoms with Gasteiger partial charge in [-0.2, -0.15) is 0 Å². The Morgan fingerprint density at radius 3 is 2.54 bits per heavy atom. The van der Waals surface area contributed by atoms with Gasteiger partial charge in [0.1, 0.15) is 5.69 Å². The van der Waals surface area contributed by atoms with Crippen molar-refractivity contribution < 1.29 is 0 Å². The number of nitrogens with two attached hydrogens (primary N) is 2. The standard InChI is InChI=1S/C20H29N7S/c1-5-6-16-7-9-17(10-8-16)27-28-12-11-23-20(22)26-15(4)18-19(21)25-14(3)13(2)24-18/h7-10,27H,4-6,11-12H2,1-3H3,(H2,21,25)(H3,22,23,26). The summed E-state index contributed by atoms with van der Waals surface area (Å²) in [6.45, 7) is 10.4. The molecular weight excluding hydrogens is 370 g/mol. The number of aryl methyl sites for hydroxylation is 3. The SMILES string of the molecule is C=C(NC(N)=NCCSNc1ccc(CCC)cc1)c1nc(C)c(C)nc1N. The molecule has 0 bridgehead atoms. The van der Waals surface area contributed by atoms with Crippen LogP contribution in [0.15, 0.2) is 35.8 Å². The molecule has 2 rings (SSSR count). The van der Waals surface area contributed by atoms with E-state index in [1.807, 2.05) is 13.8 Å². The van der Waals surface area contributed by atoms with Crippen LogP contribution >= 0.6 is 11.9 Å². The number of hydrogen-bond acceptors (Lipinski definition) is 6. The number of nitrogens with one attached hydrogen (secondary N) is 2. The van der Waals surface area contributed by atoms with Gasteiger partial charge >= 0.3 is 0 Å². The van der Waals surface area contributed by atoms with Gasteiger partial charge in [0, 0.05) is 11.4 Å². The molecule has 7 nitrogen and oxygen atoms in total. The minimum atomic E-state index is 0.272. The number of rotatable bonds is 9. The Morgan fingerprint density at radius 2 is 1.86 bits per heavy atom. The normalized spacial score (nSPS) is 11.3. The first-order chi connectivity index (χ1) is 13.4. The van der Waals surface area contributed by atoms with E-state index in [9.17, 15) is 0 Å². The third-order valence-electron chi connectivity index (χ3n) is 4.06. The lowest BCUT2D eigenvalue weighted by molar-refractivity contribution is 0.922. The van der Waals surface area contributed by atoms with Crippen LogP contribution in [0.5, 0.6) is 0 Å². The van der Waals surface area contributed by atoms with E-state index in [0.29, 0.717) is 23.8 Å². The first kappa shape index (κ1) is 21.6.